The van der Waals surface area contributed by atoms with E-state index in [1.54, 1.807) is 19.9 Å². The number of carbonyl (C=O) groups excluding carboxylic acids is 2. The smallest absolute Gasteiger partial charge is 0.325 e. The molecule has 0 N–H and O–H groups in total. The van der Waals surface area contributed by atoms with Crippen LogP contribution in [-0.2, 0) is 25.6 Å². The number of halogens is 1. The number of nitrogens with zero attached hydrogens (tertiary/aromatic N) is 1. The Morgan fingerprint density at radius 3 is 2.29 bits per heavy atom. The zero-order valence-corrected chi connectivity index (χ0v) is 12.8. The predicted molar refractivity (Wildman–Crippen MR) is 80.4 cm³/mol. The van der Waals surface area contributed by atoms with Crippen molar-refractivity contribution < 1.29 is 19.1 Å². The van der Waals surface area contributed by atoms with Crippen LogP contribution in [0.3, 0.4) is 0 Å². The van der Waals surface area contributed by atoms with E-state index in [9.17, 15) is 9.59 Å². The molecule has 0 aromatic heterocycles. The van der Waals surface area contributed by atoms with E-state index in [1.165, 1.54) is 6.21 Å². The highest BCUT2D eigenvalue weighted by Gasteiger charge is 2.27. The third-order valence-corrected chi connectivity index (χ3v) is 2.92. The molecule has 6 heteroatoms. The van der Waals surface area contributed by atoms with E-state index in [4.69, 9.17) is 21.1 Å². The molecule has 0 bridgehead atoms. The summed E-state index contributed by atoms with van der Waals surface area (Å²) >= 11 is 6.01. The van der Waals surface area contributed by atoms with E-state index in [0.29, 0.717) is 5.02 Å². The largest absolute Gasteiger partial charge is 0.465 e. The summed E-state index contributed by atoms with van der Waals surface area (Å²) in [6, 6.07) is 7.23. The molecule has 1 rings (SSSR count). The monoisotopic (exact) mass is 311 g/mol. The molecule has 0 aliphatic heterocycles. The molecule has 0 unspecified atom stereocenters. The van der Waals surface area contributed by atoms with Crippen LogP contribution < -0.4 is 0 Å². The van der Waals surface area contributed by atoms with E-state index in [0.717, 1.165) is 5.56 Å². The first-order valence-electron chi connectivity index (χ1n) is 6.66. The molecule has 5 nitrogen and oxygen atoms in total. The Morgan fingerprint density at radius 2 is 1.76 bits per heavy atom. The summed E-state index contributed by atoms with van der Waals surface area (Å²) < 4.78 is 9.68. The Bertz CT molecular complexity index is 498. The fourth-order valence-corrected chi connectivity index (χ4v) is 1.76. The van der Waals surface area contributed by atoms with Crippen molar-refractivity contribution in [2.75, 3.05) is 13.2 Å². The van der Waals surface area contributed by atoms with Crippen molar-refractivity contribution in [2.24, 2.45) is 10.9 Å². The number of benzene rings is 1. The maximum Gasteiger partial charge on any atom is 0.325 e. The number of esters is 2. The van der Waals surface area contributed by atoms with Gasteiger partial charge in [0.1, 0.15) is 0 Å². The lowest BCUT2D eigenvalue weighted by Crippen LogP contribution is -2.29. The van der Waals surface area contributed by atoms with Crippen LogP contribution in [0.4, 0.5) is 0 Å². The maximum atomic E-state index is 11.7. The number of hydrogen-bond donors (Lipinski definition) is 0. The highest BCUT2D eigenvalue weighted by Crippen LogP contribution is 2.15. The predicted octanol–water partition coefficient (Wildman–Crippen LogP) is 2.65. The Morgan fingerprint density at radius 1 is 1.19 bits per heavy atom. The summed E-state index contributed by atoms with van der Waals surface area (Å²) in [6.07, 6.45) is 1.25. The quantitative estimate of drug-likeness (QED) is 0.441. The van der Waals surface area contributed by atoms with Crippen LogP contribution in [0, 0.1) is 5.92 Å². The van der Waals surface area contributed by atoms with E-state index in [-0.39, 0.29) is 19.8 Å². The van der Waals surface area contributed by atoms with Crippen molar-refractivity contribution in [3.8, 4) is 0 Å². The summed E-state index contributed by atoms with van der Waals surface area (Å²) in [5.41, 5.74) is 0.807. The minimum atomic E-state index is -1.15. The van der Waals surface area contributed by atoms with E-state index in [2.05, 4.69) is 4.99 Å². The number of rotatable bonds is 7. The Balaban J connectivity index is 2.76. The van der Waals surface area contributed by atoms with Crippen molar-refractivity contribution in [3.05, 3.63) is 34.9 Å². The Kier molecular flexibility index (Phi) is 7.46. The van der Waals surface area contributed by atoms with Gasteiger partial charge in [-0.25, -0.2) is 0 Å². The lowest BCUT2D eigenvalue weighted by Gasteiger charge is -2.10. The maximum absolute atomic E-state index is 11.7. The van der Waals surface area contributed by atoms with Gasteiger partial charge in [0.25, 0.3) is 0 Å². The molecular formula is C15H18ClNO4. The van der Waals surface area contributed by atoms with E-state index < -0.39 is 17.9 Å². The van der Waals surface area contributed by atoms with E-state index in [1.807, 2.05) is 18.2 Å². The minimum absolute atomic E-state index is 0.188. The van der Waals surface area contributed by atoms with Crippen molar-refractivity contribution >= 4 is 29.8 Å². The summed E-state index contributed by atoms with van der Waals surface area (Å²) in [7, 11) is 0. The van der Waals surface area contributed by atoms with Crippen molar-refractivity contribution in [3.63, 3.8) is 0 Å². The molecule has 0 aliphatic carbocycles. The zero-order chi connectivity index (χ0) is 15.7. The van der Waals surface area contributed by atoms with Gasteiger partial charge in [-0.15, -0.1) is 0 Å². The molecule has 0 aliphatic rings. The molecule has 21 heavy (non-hydrogen) atoms. The van der Waals surface area contributed by atoms with Gasteiger partial charge in [-0.3, -0.25) is 14.6 Å². The molecule has 114 valence electrons. The van der Waals surface area contributed by atoms with Gasteiger partial charge in [0.15, 0.2) is 5.92 Å². The van der Waals surface area contributed by atoms with Crippen LogP contribution in [0.15, 0.2) is 29.3 Å². The average molecular weight is 312 g/mol. The molecular weight excluding hydrogens is 294 g/mol. The van der Waals surface area contributed by atoms with Crippen LogP contribution in [0.2, 0.25) is 5.02 Å². The summed E-state index contributed by atoms with van der Waals surface area (Å²) in [6.45, 7) is 3.98. The number of aliphatic imine (C=N–C) groups is 1. The van der Waals surface area contributed by atoms with Crippen molar-refractivity contribution in [1.82, 2.24) is 0 Å². The summed E-state index contributed by atoms with van der Waals surface area (Å²) in [4.78, 5) is 27.6. The van der Waals surface area contributed by atoms with Gasteiger partial charge in [-0.05, 0) is 25.5 Å². The molecule has 0 saturated heterocycles. The first-order chi connectivity index (χ1) is 10.1. The third-order valence-electron chi connectivity index (χ3n) is 2.56. The van der Waals surface area contributed by atoms with Crippen LogP contribution in [-0.4, -0.2) is 31.4 Å². The average Bonchev–Trinajstić information content (AvgIpc) is 2.45. The molecule has 0 amide bonds. The molecule has 0 radical (unpaired) electrons. The standard InChI is InChI=1S/C15H18ClNO4/c1-3-20-14(18)12(15(19)21-4-2)10-17-9-11-7-5-6-8-13(11)16/h5-8,10,12H,3-4,9H2,1-2H3. The van der Waals surface area contributed by atoms with Gasteiger partial charge < -0.3 is 9.47 Å². The normalized spacial score (nSPS) is 10.9. The second kappa shape index (κ2) is 9.13. The lowest BCUT2D eigenvalue weighted by atomic mass is 10.1. The molecule has 0 fully saturated rings. The van der Waals surface area contributed by atoms with Gasteiger partial charge >= 0.3 is 11.9 Å². The van der Waals surface area contributed by atoms with Gasteiger partial charge in [0, 0.05) is 11.2 Å². The molecule has 1 aromatic carbocycles. The number of carbonyl (C=O) groups is 2. The van der Waals surface area contributed by atoms with Crippen LogP contribution in [0.5, 0.6) is 0 Å². The highest BCUT2D eigenvalue weighted by atomic mass is 35.5. The van der Waals surface area contributed by atoms with Gasteiger partial charge in [0.05, 0.1) is 19.8 Å². The van der Waals surface area contributed by atoms with Gasteiger partial charge in [-0.1, -0.05) is 29.8 Å². The first-order valence-corrected chi connectivity index (χ1v) is 7.04. The number of ether oxygens (including phenoxy) is 2. The number of hydrogen-bond acceptors (Lipinski definition) is 5. The zero-order valence-electron chi connectivity index (χ0n) is 12.0. The summed E-state index contributed by atoms with van der Waals surface area (Å²) in [5.74, 6) is -2.48. The Labute approximate surface area is 128 Å². The SMILES string of the molecule is CCOC(=O)C(C=NCc1ccccc1Cl)C(=O)OCC. The minimum Gasteiger partial charge on any atom is -0.465 e. The Hall–Kier alpha value is -1.88. The van der Waals surface area contributed by atoms with Gasteiger partial charge in [0.2, 0.25) is 0 Å². The van der Waals surface area contributed by atoms with E-state index >= 15 is 0 Å². The molecule has 0 saturated carbocycles. The van der Waals surface area contributed by atoms with Crippen LogP contribution in [0.25, 0.3) is 0 Å². The fraction of sp³-hybridized carbons (Fsp3) is 0.400. The van der Waals surface area contributed by atoms with Crippen LogP contribution >= 0.6 is 11.6 Å². The molecule has 1 aromatic rings. The summed E-state index contributed by atoms with van der Waals surface area (Å²) in [5, 5.41) is 0.582. The molecule has 0 heterocycles. The van der Waals surface area contributed by atoms with Gasteiger partial charge in [-0.2, -0.15) is 0 Å². The molecule has 0 atom stereocenters. The first kappa shape index (κ1) is 17.2. The lowest BCUT2D eigenvalue weighted by molar-refractivity contribution is -0.157. The second-order valence-electron chi connectivity index (χ2n) is 4.06. The van der Waals surface area contributed by atoms with Crippen molar-refractivity contribution in [2.45, 2.75) is 20.4 Å². The second-order valence-corrected chi connectivity index (χ2v) is 4.47. The highest BCUT2D eigenvalue weighted by molar-refractivity contribution is 6.31. The van der Waals surface area contributed by atoms with Crippen molar-refractivity contribution in [1.29, 1.82) is 0 Å². The topological polar surface area (TPSA) is 65.0 Å². The van der Waals surface area contributed by atoms with Crippen LogP contribution in [0.1, 0.15) is 19.4 Å². The third kappa shape index (κ3) is 5.55. The fourth-order valence-electron chi connectivity index (χ4n) is 1.57. The molecule has 0 spiro atoms.